The lowest BCUT2D eigenvalue weighted by Gasteiger charge is -2.59. The Bertz CT molecular complexity index is 697. The predicted octanol–water partition coefficient (Wildman–Crippen LogP) is 7.88. The normalized spacial score (nSPS) is 34.0. The lowest BCUT2D eigenvalue weighted by atomic mass is 9.46. The maximum Gasteiger partial charge on any atom is 0.311 e. The van der Waals surface area contributed by atoms with Gasteiger partial charge >= 0.3 is 5.97 Å². The zero-order chi connectivity index (χ0) is 22.2. The van der Waals surface area contributed by atoms with Gasteiger partial charge in [-0.25, -0.2) is 0 Å². The molecule has 0 saturated heterocycles. The van der Waals surface area contributed by atoms with Gasteiger partial charge in [0, 0.05) is 5.41 Å². The first-order valence-corrected chi connectivity index (χ1v) is 12.7. The first kappa shape index (κ1) is 23.6. The van der Waals surface area contributed by atoms with Crippen molar-refractivity contribution in [3.8, 4) is 0 Å². The summed E-state index contributed by atoms with van der Waals surface area (Å²) < 4.78 is 6.10. The van der Waals surface area contributed by atoms with Crippen LogP contribution in [0.15, 0.2) is 23.3 Å². The zero-order valence-electron chi connectivity index (χ0n) is 20.8. The molecule has 3 aliphatic rings. The molecule has 0 bridgehead atoms. The summed E-state index contributed by atoms with van der Waals surface area (Å²) in [6.07, 6.45) is 15.6. The van der Waals surface area contributed by atoms with E-state index in [0.29, 0.717) is 29.8 Å². The molecule has 30 heavy (non-hydrogen) atoms. The van der Waals surface area contributed by atoms with Crippen LogP contribution in [0.3, 0.4) is 0 Å². The van der Waals surface area contributed by atoms with Crippen LogP contribution in [0.5, 0.6) is 0 Å². The van der Waals surface area contributed by atoms with E-state index in [-0.39, 0.29) is 16.8 Å². The number of fused-ring (bicyclic) bond motifs is 3. The van der Waals surface area contributed by atoms with Crippen LogP contribution in [0.25, 0.3) is 0 Å². The van der Waals surface area contributed by atoms with Crippen molar-refractivity contribution in [2.75, 3.05) is 6.61 Å². The Morgan fingerprint density at radius 1 is 1.27 bits per heavy atom. The van der Waals surface area contributed by atoms with Gasteiger partial charge in [0.05, 0.1) is 12.0 Å². The molecule has 0 amide bonds. The second kappa shape index (κ2) is 8.83. The molecule has 4 atom stereocenters. The van der Waals surface area contributed by atoms with E-state index < -0.39 is 0 Å². The van der Waals surface area contributed by atoms with Crippen LogP contribution in [-0.4, -0.2) is 12.6 Å². The molecule has 0 aromatic heterocycles. The SMILES string of the molecule is CCCC(C)(C)C(=O)OCC1(CC)CCCC2(C)C3CCC(C(C)C)=CC3=CCC12. The topological polar surface area (TPSA) is 26.3 Å². The fourth-order valence-corrected chi connectivity index (χ4v) is 7.12. The molecule has 0 N–H and O–H groups in total. The van der Waals surface area contributed by atoms with Crippen molar-refractivity contribution in [2.24, 2.45) is 34.0 Å². The summed E-state index contributed by atoms with van der Waals surface area (Å²) in [7, 11) is 0. The van der Waals surface area contributed by atoms with Gasteiger partial charge in [-0.2, -0.15) is 0 Å². The van der Waals surface area contributed by atoms with Gasteiger partial charge in [-0.1, -0.05) is 65.2 Å². The molecule has 0 aromatic rings. The molecule has 0 spiro atoms. The monoisotopic (exact) mass is 414 g/mol. The molecule has 0 aliphatic heterocycles. The number of ether oxygens (including phenoxy) is 1. The van der Waals surface area contributed by atoms with Crippen molar-refractivity contribution in [2.45, 2.75) is 106 Å². The van der Waals surface area contributed by atoms with E-state index in [1.54, 1.807) is 11.1 Å². The summed E-state index contributed by atoms with van der Waals surface area (Å²) in [5.74, 6) is 1.95. The van der Waals surface area contributed by atoms with E-state index in [1.807, 2.05) is 13.8 Å². The number of carbonyl (C=O) groups excluding carboxylic acids is 1. The largest absolute Gasteiger partial charge is 0.465 e. The van der Waals surface area contributed by atoms with Gasteiger partial charge in [0.15, 0.2) is 0 Å². The van der Waals surface area contributed by atoms with Crippen molar-refractivity contribution >= 4 is 5.97 Å². The van der Waals surface area contributed by atoms with Crippen LogP contribution in [0.2, 0.25) is 0 Å². The number of hydrogen-bond acceptors (Lipinski definition) is 2. The number of rotatable bonds is 7. The maximum absolute atomic E-state index is 12.9. The molecule has 170 valence electrons. The fraction of sp³-hybridized carbons (Fsp3) is 0.821. The second-order valence-corrected chi connectivity index (χ2v) is 11.7. The molecule has 0 radical (unpaired) electrons. The Hall–Kier alpha value is -1.05. The van der Waals surface area contributed by atoms with Crippen LogP contribution in [0, 0.1) is 34.0 Å². The van der Waals surface area contributed by atoms with Gasteiger partial charge in [-0.05, 0) is 87.5 Å². The van der Waals surface area contributed by atoms with Crippen LogP contribution in [-0.2, 0) is 9.53 Å². The van der Waals surface area contributed by atoms with E-state index in [0.717, 1.165) is 25.7 Å². The predicted molar refractivity (Wildman–Crippen MR) is 126 cm³/mol. The van der Waals surface area contributed by atoms with Crippen LogP contribution < -0.4 is 0 Å². The number of carbonyl (C=O) groups is 1. The number of hydrogen-bond donors (Lipinski definition) is 0. The Labute approximate surface area is 185 Å². The van der Waals surface area contributed by atoms with Gasteiger partial charge in [0.1, 0.15) is 0 Å². The summed E-state index contributed by atoms with van der Waals surface area (Å²) >= 11 is 0. The second-order valence-electron chi connectivity index (χ2n) is 11.7. The molecule has 0 heterocycles. The van der Waals surface area contributed by atoms with Crippen LogP contribution in [0.4, 0.5) is 0 Å². The van der Waals surface area contributed by atoms with E-state index in [1.165, 1.54) is 32.1 Å². The first-order valence-electron chi connectivity index (χ1n) is 12.7. The first-order chi connectivity index (χ1) is 14.1. The maximum atomic E-state index is 12.9. The molecule has 2 heteroatoms. The van der Waals surface area contributed by atoms with Crippen molar-refractivity contribution in [1.82, 2.24) is 0 Å². The van der Waals surface area contributed by atoms with Crippen molar-refractivity contribution < 1.29 is 9.53 Å². The summed E-state index contributed by atoms with van der Waals surface area (Å²) in [6, 6.07) is 0. The Balaban J connectivity index is 1.84. The van der Waals surface area contributed by atoms with E-state index in [4.69, 9.17) is 4.74 Å². The number of allylic oxidation sites excluding steroid dienone is 4. The summed E-state index contributed by atoms with van der Waals surface area (Å²) in [4.78, 5) is 12.9. The Kier molecular flexibility index (Phi) is 6.95. The summed E-state index contributed by atoms with van der Waals surface area (Å²) in [5.41, 5.74) is 3.33. The molecule has 1 saturated carbocycles. The molecule has 1 fully saturated rings. The molecule has 3 rings (SSSR count). The third-order valence-electron chi connectivity index (χ3n) is 9.15. The highest BCUT2D eigenvalue weighted by molar-refractivity contribution is 5.75. The van der Waals surface area contributed by atoms with E-state index in [2.05, 4.69) is 46.8 Å². The van der Waals surface area contributed by atoms with Crippen LogP contribution >= 0.6 is 0 Å². The van der Waals surface area contributed by atoms with Crippen LogP contribution in [0.1, 0.15) is 106 Å². The van der Waals surface area contributed by atoms with E-state index in [9.17, 15) is 4.79 Å². The highest BCUT2D eigenvalue weighted by Gasteiger charge is 2.56. The highest BCUT2D eigenvalue weighted by atomic mass is 16.5. The molecule has 4 unspecified atom stereocenters. The molecule has 3 aliphatic carbocycles. The molecular formula is C28H46O2. The minimum Gasteiger partial charge on any atom is -0.465 e. The summed E-state index contributed by atoms with van der Waals surface area (Å²) in [5, 5.41) is 0. The van der Waals surface area contributed by atoms with Gasteiger partial charge < -0.3 is 4.74 Å². The molecule has 0 aromatic carbocycles. The van der Waals surface area contributed by atoms with E-state index >= 15 is 0 Å². The smallest absolute Gasteiger partial charge is 0.311 e. The summed E-state index contributed by atoms with van der Waals surface area (Å²) in [6.45, 7) is 16.4. The van der Waals surface area contributed by atoms with Gasteiger partial charge in [-0.3, -0.25) is 4.79 Å². The zero-order valence-corrected chi connectivity index (χ0v) is 20.8. The Morgan fingerprint density at radius 3 is 2.63 bits per heavy atom. The van der Waals surface area contributed by atoms with Crippen molar-refractivity contribution in [1.29, 1.82) is 0 Å². The lowest BCUT2D eigenvalue weighted by molar-refractivity contribution is -0.166. The van der Waals surface area contributed by atoms with Gasteiger partial charge in [0.25, 0.3) is 0 Å². The van der Waals surface area contributed by atoms with Crippen molar-refractivity contribution in [3.05, 3.63) is 23.3 Å². The third kappa shape index (κ3) is 4.17. The van der Waals surface area contributed by atoms with Crippen molar-refractivity contribution in [3.63, 3.8) is 0 Å². The van der Waals surface area contributed by atoms with Gasteiger partial charge in [0.2, 0.25) is 0 Å². The fourth-order valence-electron chi connectivity index (χ4n) is 7.12. The highest BCUT2D eigenvalue weighted by Crippen LogP contribution is 2.63. The lowest BCUT2D eigenvalue weighted by Crippen LogP contribution is -2.53. The molecule has 2 nitrogen and oxygen atoms in total. The average molecular weight is 415 g/mol. The minimum absolute atomic E-state index is 0.00123. The number of esters is 1. The molecular weight excluding hydrogens is 368 g/mol. The Morgan fingerprint density at radius 2 is 2.00 bits per heavy atom. The van der Waals surface area contributed by atoms with Gasteiger partial charge in [-0.15, -0.1) is 0 Å². The minimum atomic E-state index is -0.372. The average Bonchev–Trinajstić information content (AvgIpc) is 2.70. The standard InChI is InChI=1S/C28H46O2/c1-8-15-26(5,6)25(29)30-19-28(9-2)17-10-16-27(7)23-13-11-21(20(3)4)18-22(23)12-14-24(27)28/h12,18,20,23-24H,8-11,13-17,19H2,1-7H3. The third-order valence-corrected chi connectivity index (χ3v) is 9.15. The quantitative estimate of drug-likeness (QED) is 0.396.